The number of fused-ring (bicyclic) bond motifs is 2. The number of carbonyl (C=O) groups excluding carboxylic acids is 1. The molecule has 0 bridgehead atoms. The highest BCUT2D eigenvalue weighted by atomic mass is 35.5. The molecule has 0 spiro atoms. The highest BCUT2D eigenvalue weighted by molar-refractivity contribution is 6.33. The van der Waals surface area contributed by atoms with Crippen LogP contribution in [0.2, 0.25) is 5.02 Å². The maximum absolute atomic E-state index is 12.9. The number of phenols is 2. The van der Waals surface area contributed by atoms with Gasteiger partial charge in [0.05, 0.1) is 16.8 Å². The van der Waals surface area contributed by atoms with E-state index in [0.717, 1.165) is 11.6 Å². The van der Waals surface area contributed by atoms with Crippen molar-refractivity contribution in [1.82, 2.24) is 0 Å². The number of ether oxygens (including phenoxy) is 2. The molecular weight excluding hydrogens is 446 g/mol. The zero-order chi connectivity index (χ0) is 23.4. The highest BCUT2D eigenvalue weighted by Crippen LogP contribution is 2.38. The molecule has 2 aromatic rings. The Morgan fingerprint density at radius 3 is 2.76 bits per heavy atom. The van der Waals surface area contributed by atoms with Crippen molar-refractivity contribution in [3.8, 4) is 11.5 Å². The maximum atomic E-state index is 12.9. The van der Waals surface area contributed by atoms with Crippen LogP contribution in [-0.2, 0) is 27.3 Å². The second-order valence-corrected chi connectivity index (χ2v) is 8.31. The minimum Gasteiger partial charge on any atom is -0.507 e. The van der Waals surface area contributed by atoms with E-state index in [9.17, 15) is 15.0 Å². The van der Waals surface area contributed by atoms with E-state index in [2.05, 4.69) is 5.16 Å². The van der Waals surface area contributed by atoms with Crippen LogP contribution in [0, 0.1) is 0 Å². The molecule has 2 aromatic carbocycles. The molecule has 7 nitrogen and oxygen atoms in total. The van der Waals surface area contributed by atoms with Crippen molar-refractivity contribution in [3.63, 3.8) is 0 Å². The quantitative estimate of drug-likeness (QED) is 0.384. The first kappa shape index (κ1) is 22.9. The molecule has 1 fully saturated rings. The zero-order valence-corrected chi connectivity index (χ0v) is 18.7. The number of aromatic hydroxyl groups is 2. The van der Waals surface area contributed by atoms with Gasteiger partial charge in [-0.3, -0.25) is 0 Å². The SMILES string of the molecule is C[C@@H]1C[C@H]2O[C@@H]2\C=C/C=C/C(=N/OCc2ccccc2)Cc2c(Cl)c(O)cc(O)c2C(=O)O1. The molecule has 4 rings (SSSR count). The number of oxime groups is 1. The average Bonchev–Trinajstić information content (AvgIpc) is 3.51. The lowest BCUT2D eigenvalue weighted by molar-refractivity contribution is 0.0306. The summed E-state index contributed by atoms with van der Waals surface area (Å²) >= 11 is 6.34. The molecule has 0 radical (unpaired) electrons. The maximum Gasteiger partial charge on any atom is 0.342 e. The van der Waals surface area contributed by atoms with E-state index >= 15 is 0 Å². The lowest BCUT2D eigenvalue weighted by Crippen LogP contribution is -2.19. The van der Waals surface area contributed by atoms with Crippen LogP contribution in [0.4, 0.5) is 0 Å². The molecule has 2 heterocycles. The van der Waals surface area contributed by atoms with Gasteiger partial charge < -0.3 is 24.5 Å². The van der Waals surface area contributed by atoms with Gasteiger partial charge in [0.1, 0.15) is 35.9 Å². The molecule has 172 valence electrons. The van der Waals surface area contributed by atoms with Crippen LogP contribution in [0.3, 0.4) is 0 Å². The summed E-state index contributed by atoms with van der Waals surface area (Å²) in [6.45, 7) is 2.01. The Morgan fingerprint density at radius 1 is 1.18 bits per heavy atom. The van der Waals surface area contributed by atoms with E-state index in [1.54, 1.807) is 19.1 Å². The van der Waals surface area contributed by atoms with E-state index in [0.29, 0.717) is 12.1 Å². The molecule has 0 aromatic heterocycles. The normalized spacial score (nSPS) is 25.8. The molecule has 8 heteroatoms. The Labute approximate surface area is 196 Å². The van der Waals surface area contributed by atoms with Gasteiger partial charge in [0.2, 0.25) is 0 Å². The number of allylic oxidation sites excluding steroid dienone is 3. The van der Waals surface area contributed by atoms with Crippen LogP contribution in [0.25, 0.3) is 0 Å². The molecular formula is C25H24ClNO6. The first-order valence-electron chi connectivity index (χ1n) is 10.6. The Bertz CT molecular complexity index is 1110. The van der Waals surface area contributed by atoms with Gasteiger partial charge in [0, 0.05) is 18.9 Å². The Hall–Kier alpha value is -3.29. The van der Waals surface area contributed by atoms with Crippen molar-refractivity contribution >= 4 is 23.3 Å². The number of hydrogen-bond donors (Lipinski definition) is 2. The number of halogens is 1. The fraction of sp³-hybridized carbons (Fsp3) is 0.280. The topological polar surface area (TPSA) is 101 Å². The number of epoxide rings is 1. The summed E-state index contributed by atoms with van der Waals surface area (Å²) in [5, 5.41) is 24.7. The van der Waals surface area contributed by atoms with E-state index in [4.69, 9.17) is 25.9 Å². The number of benzene rings is 2. The third-order valence-corrected chi connectivity index (χ3v) is 5.76. The van der Waals surface area contributed by atoms with Crippen LogP contribution >= 0.6 is 11.6 Å². The van der Waals surface area contributed by atoms with Crippen LogP contribution in [-0.4, -0.2) is 40.2 Å². The van der Waals surface area contributed by atoms with Gasteiger partial charge in [-0.05, 0) is 24.1 Å². The molecule has 2 aliphatic heterocycles. The van der Waals surface area contributed by atoms with Crippen molar-refractivity contribution < 1.29 is 29.3 Å². The van der Waals surface area contributed by atoms with E-state index < -0.39 is 17.8 Å². The zero-order valence-electron chi connectivity index (χ0n) is 18.0. The van der Waals surface area contributed by atoms with Gasteiger partial charge in [0.25, 0.3) is 0 Å². The summed E-state index contributed by atoms with van der Waals surface area (Å²) in [7, 11) is 0. The predicted octanol–water partition coefficient (Wildman–Crippen LogP) is 4.70. The molecule has 2 N–H and O–H groups in total. The molecule has 0 saturated carbocycles. The van der Waals surface area contributed by atoms with Crippen molar-refractivity contribution in [2.75, 3.05) is 0 Å². The van der Waals surface area contributed by atoms with Gasteiger partial charge in [0.15, 0.2) is 0 Å². The Kier molecular flexibility index (Phi) is 7.01. The van der Waals surface area contributed by atoms with Crippen molar-refractivity contribution in [3.05, 3.63) is 82.4 Å². The van der Waals surface area contributed by atoms with E-state index in [1.165, 1.54) is 0 Å². The van der Waals surface area contributed by atoms with Crippen LogP contribution < -0.4 is 0 Å². The molecule has 3 atom stereocenters. The third kappa shape index (κ3) is 5.74. The Balaban J connectivity index is 1.68. The number of hydrogen-bond acceptors (Lipinski definition) is 7. The molecule has 0 unspecified atom stereocenters. The van der Waals surface area contributed by atoms with E-state index in [-0.39, 0.29) is 47.1 Å². The number of esters is 1. The minimum atomic E-state index is -0.741. The van der Waals surface area contributed by atoms with Gasteiger partial charge in [-0.15, -0.1) is 0 Å². The van der Waals surface area contributed by atoms with Crippen LogP contribution in [0.15, 0.2) is 65.9 Å². The summed E-state index contributed by atoms with van der Waals surface area (Å²) in [6, 6.07) is 10.6. The standard InChI is InChI=1S/C25H24ClNO6/c1-15-11-22-21(33-22)10-6-5-9-17(27-31-14-16-7-3-2-4-8-16)12-18-23(25(30)32-15)19(28)13-20(29)24(18)26/h2-10,13,15,21-22,28-29H,11-12,14H2,1H3/b9-5+,10-6-,27-17-/t15-,21-,22-/m1/s1. The van der Waals surface area contributed by atoms with E-state index in [1.807, 2.05) is 42.5 Å². The molecule has 1 saturated heterocycles. The number of cyclic esters (lactones) is 1. The fourth-order valence-electron chi connectivity index (χ4n) is 3.62. The second kappa shape index (κ2) is 10.1. The van der Waals surface area contributed by atoms with Crippen molar-refractivity contribution in [1.29, 1.82) is 0 Å². The summed E-state index contributed by atoms with van der Waals surface area (Å²) < 4.78 is 11.1. The molecule has 0 amide bonds. The first-order chi connectivity index (χ1) is 15.9. The average molecular weight is 470 g/mol. The number of rotatable bonds is 3. The minimum absolute atomic E-state index is 0.0152. The smallest absolute Gasteiger partial charge is 0.342 e. The lowest BCUT2D eigenvalue weighted by Gasteiger charge is -2.17. The summed E-state index contributed by atoms with van der Waals surface area (Å²) in [5.41, 5.74) is 1.44. The first-order valence-corrected chi connectivity index (χ1v) is 11.0. The number of carbonyl (C=O) groups is 1. The summed E-state index contributed by atoms with van der Waals surface area (Å²) in [6.07, 6.45) is 7.27. The number of nitrogens with zero attached hydrogens (tertiary/aromatic N) is 1. The van der Waals surface area contributed by atoms with Crippen molar-refractivity contribution in [2.45, 2.75) is 44.7 Å². The lowest BCUT2D eigenvalue weighted by atomic mass is 9.99. The van der Waals surface area contributed by atoms with Gasteiger partial charge in [-0.25, -0.2) is 4.79 Å². The fourth-order valence-corrected chi connectivity index (χ4v) is 3.83. The summed E-state index contributed by atoms with van der Waals surface area (Å²) in [4.78, 5) is 18.5. The largest absolute Gasteiger partial charge is 0.507 e. The van der Waals surface area contributed by atoms with Gasteiger partial charge in [-0.1, -0.05) is 65.3 Å². The molecule has 33 heavy (non-hydrogen) atoms. The third-order valence-electron chi connectivity index (χ3n) is 5.33. The molecule has 0 aliphatic carbocycles. The van der Waals surface area contributed by atoms with Crippen LogP contribution in [0.5, 0.6) is 11.5 Å². The summed E-state index contributed by atoms with van der Waals surface area (Å²) in [5.74, 6) is -1.52. The van der Waals surface area contributed by atoms with Gasteiger partial charge in [-0.2, -0.15) is 0 Å². The Morgan fingerprint density at radius 2 is 1.97 bits per heavy atom. The number of phenolic OH excluding ortho intramolecular Hbond substituents is 2. The predicted molar refractivity (Wildman–Crippen MR) is 124 cm³/mol. The monoisotopic (exact) mass is 469 g/mol. The van der Waals surface area contributed by atoms with Crippen LogP contribution in [0.1, 0.15) is 34.8 Å². The molecule has 2 aliphatic rings. The van der Waals surface area contributed by atoms with Crippen molar-refractivity contribution in [2.24, 2.45) is 5.16 Å². The van der Waals surface area contributed by atoms with Gasteiger partial charge >= 0.3 is 5.97 Å². The highest BCUT2D eigenvalue weighted by Gasteiger charge is 2.38. The second-order valence-electron chi connectivity index (χ2n) is 7.94.